The van der Waals surface area contributed by atoms with E-state index in [-0.39, 0.29) is 0 Å². The van der Waals surface area contributed by atoms with E-state index in [2.05, 4.69) is 28.5 Å². The Morgan fingerprint density at radius 1 is 0.824 bits per heavy atom. The van der Waals surface area contributed by atoms with E-state index in [4.69, 9.17) is 0 Å². The van der Waals surface area contributed by atoms with Gasteiger partial charge in [-0.1, -0.05) is 92.7 Å². The molecule has 1 unspecified atom stereocenters. The molecule has 0 aromatic rings. The molecule has 1 atom stereocenters. The maximum atomic E-state index is 2.29. The van der Waals surface area contributed by atoms with Crippen molar-refractivity contribution in [3.8, 4) is 0 Å². The van der Waals surface area contributed by atoms with E-state index in [0.717, 1.165) is 5.25 Å². The summed E-state index contributed by atoms with van der Waals surface area (Å²) in [6.07, 6.45) is 17.6. The Morgan fingerprint density at radius 3 is 1.94 bits per heavy atom. The normalized spacial score (nSPS) is 19.9. The van der Waals surface area contributed by atoms with Gasteiger partial charge in [0.25, 0.3) is 0 Å². The molecule has 0 N–H and O–H groups in total. The van der Waals surface area contributed by atoms with Gasteiger partial charge in [0.2, 0.25) is 0 Å². The Hall–Kier alpha value is 0.700. The molecule has 0 aromatic heterocycles. The highest BCUT2D eigenvalue weighted by molar-refractivity contribution is 8.77. The third kappa shape index (κ3) is 9.30. The lowest BCUT2D eigenvalue weighted by Gasteiger charge is -2.06. The fourth-order valence-electron chi connectivity index (χ4n) is 2.42. The van der Waals surface area contributed by atoms with E-state index >= 15 is 0 Å². The smallest absolute Gasteiger partial charge is 0.0159 e. The first-order chi connectivity index (χ1) is 8.43. The quantitative estimate of drug-likeness (QED) is 0.313. The van der Waals surface area contributed by atoms with Crippen LogP contribution in [0.1, 0.15) is 84.0 Å². The Bertz CT molecular complexity index is 153. The first-order valence-corrected chi connectivity index (χ1v) is 10.1. The maximum Gasteiger partial charge on any atom is 0.0159 e. The van der Waals surface area contributed by atoms with Crippen LogP contribution in [0.5, 0.6) is 0 Å². The van der Waals surface area contributed by atoms with Crippen LogP contribution in [-0.2, 0) is 0 Å². The van der Waals surface area contributed by atoms with Crippen LogP contribution in [-0.4, -0.2) is 11.0 Å². The molecule has 1 rings (SSSR count). The zero-order valence-corrected chi connectivity index (χ0v) is 13.2. The molecule has 0 aromatic carbocycles. The monoisotopic (exact) mass is 274 g/mol. The highest BCUT2D eigenvalue weighted by Gasteiger charge is 2.15. The van der Waals surface area contributed by atoms with Gasteiger partial charge >= 0.3 is 0 Å². The fraction of sp³-hybridized carbons (Fsp3) is 1.00. The molecule has 1 heterocycles. The molecule has 1 saturated heterocycles. The predicted octanol–water partition coefficient (Wildman–Crippen LogP) is 6.45. The van der Waals surface area contributed by atoms with Crippen LogP contribution in [0.25, 0.3) is 0 Å². The second kappa shape index (κ2) is 11.8. The third-order valence-corrected chi connectivity index (χ3v) is 6.61. The summed E-state index contributed by atoms with van der Waals surface area (Å²) in [6.45, 7) is 2.29. The van der Waals surface area contributed by atoms with Gasteiger partial charge in [-0.25, -0.2) is 0 Å². The Kier molecular flexibility index (Phi) is 10.9. The fourth-order valence-corrected chi connectivity index (χ4v) is 5.45. The molecular weight excluding hydrogens is 244 g/mol. The van der Waals surface area contributed by atoms with Crippen LogP contribution in [0, 0.1) is 0 Å². The molecule has 0 amide bonds. The summed E-state index contributed by atoms with van der Waals surface area (Å²) >= 11 is 0. The van der Waals surface area contributed by atoms with Gasteiger partial charge in [0.1, 0.15) is 0 Å². The van der Waals surface area contributed by atoms with Crippen molar-refractivity contribution in [2.45, 2.75) is 89.2 Å². The average molecular weight is 275 g/mol. The van der Waals surface area contributed by atoms with Gasteiger partial charge in [0, 0.05) is 11.0 Å². The van der Waals surface area contributed by atoms with E-state index in [9.17, 15) is 0 Å². The summed E-state index contributed by atoms with van der Waals surface area (Å²) < 4.78 is 0. The molecular formula is C15H30S2. The third-order valence-electron chi connectivity index (χ3n) is 3.61. The topological polar surface area (TPSA) is 0 Å². The van der Waals surface area contributed by atoms with E-state index in [1.165, 1.54) is 82.8 Å². The van der Waals surface area contributed by atoms with Crippen molar-refractivity contribution in [3.63, 3.8) is 0 Å². The number of hydrogen-bond acceptors (Lipinski definition) is 2. The highest BCUT2D eigenvalue weighted by Crippen LogP contribution is 2.39. The number of rotatable bonds is 11. The standard InChI is InChI=1S/C15H30S2/c1-2-3-4-5-6-7-8-9-10-11-12-15-13-14-16-17-15/h15H,2-14H2,1H3. The van der Waals surface area contributed by atoms with Gasteiger partial charge in [-0.2, -0.15) is 0 Å². The van der Waals surface area contributed by atoms with Crippen LogP contribution < -0.4 is 0 Å². The minimum atomic E-state index is 0.994. The van der Waals surface area contributed by atoms with Crippen molar-refractivity contribution >= 4 is 21.6 Å². The summed E-state index contributed by atoms with van der Waals surface area (Å²) in [6, 6.07) is 0. The second-order valence-electron chi connectivity index (χ2n) is 5.30. The van der Waals surface area contributed by atoms with Crippen LogP contribution in [0.2, 0.25) is 0 Å². The second-order valence-corrected chi connectivity index (χ2v) is 8.09. The van der Waals surface area contributed by atoms with Crippen LogP contribution in [0.4, 0.5) is 0 Å². The Morgan fingerprint density at radius 2 is 1.41 bits per heavy atom. The minimum absolute atomic E-state index is 0.994. The lowest BCUT2D eigenvalue weighted by Crippen LogP contribution is -1.96. The van der Waals surface area contributed by atoms with Crippen LogP contribution in [0.15, 0.2) is 0 Å². The van der Waals surface area contributed by atoms with Crippen molar-refractivity contribution in [1.29, 1.82) is 0 Å². The van der Waals surface area contributed by atoms with Gasteiger partial charge in [0.05, 0.1) is 0 Å². The molecule has 0 saturated carbocycles. The first-order valence-electron chi connectivity index (χ1n) is 7.71. The van der Waals surface area contributed by atoms with E-state index in [0.29, 0.717) is 0 Å². The molecule has 0 aliphatic carbocycles. The van der Waals surface area contributed by atoms with Gasteiger partial charge in [-0.15, -0.1) is 0 Å². The summed E-state index contributed by atoms with van der Waals surface area (Å²) in [7, 11) is 4.22. The molecule has 0 bridgehead atoms. The molecule has 0 radical (unpaired) electrons. The van der Waals surface area contributed by atoms with Crippen molar-refractivity contribution in [1.82, 2.24) is 0 Å². The lowest BCUT2D eigenvalue weighted by molar-refractivity contribution is 0.546. The van der Waals surface area contributed by atoms with Gasteiger partial charge in [-0.05, 0) is 12.8 Å². The molecule has 0 spiro atoms. The predicted molar refractivity (Wildman–Crippen MR) is 84.9 cm³/mol. The molecule has 1 aliphatic rings. The maximum absolute atomic E-state index is 2.29. The van der Waals surface area contributed by atoms with Crippen molar-refractivity contribution in [2.24, 2.45) is 0 Å². The summed E-state index contributed by atoms with van der Waals surface area (Å²) in [5.74, 6) is 1.40. The van der Waals surface area contributed by atoms with Crippen molar-refractivity contribution in [3.05, 3.63) is 0 Å². The van der Waals surface area contributed by atoms with Crippen LogP contribution >= 0.6 is 21.6 Å². The summed E-state index contributed by atoms with van der Waals surface area (Å²) in [4.78, 5) is 0. The molecule has 0 nitrogen and oxygen atoms in total. The van der Waals surface area contributed by atoms with E-state index < -0.39 is 0 Å². The molecule has 2 heteroatoms. The first kappa shape index (κ1) is 15.8. The largest absolute Gasteiger partial charge is 0.0938 e. The number of unbranched alkanes of at least 4 members (excludes halogenated alkanes) is 9. The van der Waals surface area contributed by atoms with Gasteiger partial charge in [0.15, 0.2) is 0 Å². The minimum Gasteiger partial charge on any atom is -0.0938 e. The highest BCUT2D eigenvalue weighted by atomic mass is 33.1. The zero-order valence-electron chi connectivity index (χ0n) is 11.6. The Balaban J connectivity index is 1.69. The lowest BCUT2D eigenvalue weighted by atomic mass is 10.0. The van der Waals surface area contributed by atoms with Gasteiger partial charge in [-0.3, -0.25) is 0 Å². The number of hydrogen-bond donors (Lipinski definition) is 0. The Labute approximate surface area is 116 Å². The van der Waals surface area contributed by atoms with Crippen LogP contribution in [0.3, 0.4) is 0 Å². The molecule has 1 fully saturated rings. The zero-order chi connectivity index (χ0) is 12.2. The average Bonchev–Trinajstić information content (AvgIpc) is 2.85. The molecule has 102 valence electrons. The van der Waals surface area contributed by atoms with Crippen molar-refractivity contribution in [2.75, 3.05) is 5.75 Å². The van der Waals surface area contributed by atoms with Gasteiger partial charge < -0.3 is 0 Å². The summed E-state index contributed by atoms with van der Waals surface area (Å²) in [5.41, 5.74) is 0. The molecule has 1 aliphatic heterocycles. The summed E-state index contributed by atoms with van der Waals surface area (Å²) in [5, 5.41) is 0.994. The molecule has 17 heavy (non-hydrogen) atoms. The van der Waals surface area contributed by atoms with E-state index in [1.807, 2.05) is 0 Å². The van der Waals surface area contributed by atoms with E-state index in [1.54, 1.807) is 0 Å². The SMILES string of the molecule is CCCCCCCCCCCCC1CCSS1. The van der Waals surface area contributed by atoms with Crippen molar-refractivity contribution < 1.29 is 0 Å².